The lowest BCUT2D eigenvalue weighted by Crippen LogP contribution is -2.16. The van der Waals surface area contributed by atoms with E-state index in [1.165, 1.54) is 18.2 Å². The van der Waals surface area contributed by atoms with Crippen molar-refractivity contribution in [3.05, 3.63) is 53.2 Å². The highest BCUT2D eigenvalue weighted by Gasteiger charge is 2.16. The molecule has 10 heteroatoms. The van der Waals surface area contributed by atoms with Crippen molar-refractivity contribution in [3.8, 4) is 0 Å². The van der Waals surface area contributed by atoms with Gasteiger partial charge < -0.3 is 4.57 Å². The van der Waals surface area contributed by atoms with E-state index in [-0.39, 0.29) is 13.9 Å². The average Bonchev–Trinajstić information content (AvgIpc) is 3.15. The quantitative estimate of drug-likeness (QED) is 0.601. The first-order chi connectivity index (χ1) is 11.7. The topological polar surface area (TPSA) is 85.6 Å². The van der Waals surface area contributed by atoms with Gasteiger partial charge in [0, 0.05) is 12.8 Å². The molecular weight excluding hydrogens is 400 g/mol. The van der Waals surface area contributed by atoms with Crippen molar-refractivity contribution >= 4 is 52.8 Å². The molecule has 0 unspecified atom stereocenters. The number of hydrogen-bond donors (Lipinski definition) is 0. The molecule has 0 amide bonds. The molecule has 132 valence electrons. The van der Waals surface area contributed by atoms with Gasteiger partial charge >= 0.3 is 0 Å². The predicted molar refractivity (Wildman–Crippen MR) is 100 cm³/mol. The maximum Gasteiger partial charge on any atom is 0.294 e. The Morgan fingerprint density at radius 3 is 2.60 bits per heavy atom. The summed E-state index contributed by atoms with van der Waals surface area (Å²) in [6.45, 7) is 4.04. The van der Waals surface area contributed by atoms with E-state index in [0.717, 1.165) is 28.9 Å². The van der Waals surface area contributed by atoms with Crippen LogP contribution in [0.2, 0.25) is 0 Å². The van der Waals surface area contributed by atoms with E-state index < -0.39 is 19.9 Å². The Kier molecular flexibility index (Phi) is 4.71. The average molecular weight is 415 g/mol. The molecule has 0 radical (unpaired) electrons. The normalized spacial score (nSPS) is 13.4. The minimum Gasteiger partial charge on any atom is -0.312 e. The lowest BCUT2D eigenvalue weighted by atomic mass is 10.3. The van der Waals surface area contributed by atoms with E-state index in [1.54, 1.807) is 28.2 Å². The highest BCUT2D eigenvalue weighted by molar-refractivity contribution is 7.92. The number of rotatable bonds is 5. The summed E-state index contributed by atoms with van der Waals surface area (Å²) in [5, 5.41) is 1.67. The number of fused-ring (bicyclic) bond motifs is 1. The number of sulfone groups is 1. The van der Waals surface area contributed by atoms with Gasteiger partial charge in [-0.25, -0.2) is 8.42 Å². The van der Waals surface area contributed by atoms with Gasteiger partial charge in [0.05, 0.1) is 15.1 Å². The summed E-state index contributed by atoms with van der Waals surface area (Å²) in [7, 11) is -7.17. The van der Waals surface area contributed by atoms with Gasteiger partial charge in [-0.3, -0.25) is 0 Å². The van der Waals surface area contributed by atoms with Crippen molar-refractivity contribution in [1.29, 1.82) is 0 Å². The van der Waals surface area contributed by atoms with Crippen LogP contribution in [0.3, 0.4) is 0 Å². The maximum absolute atomic E-state index is 12.4. The summed E-state index contributed by atoms with van der Waals surface area (Å²) in [5.41, 5.74) is 0.706. The van der Waals surface area contributed by atoms with Gasteiger partial charge in [0.2, 0.25) is 4.80 Å². The Labute approximate surface area is 153 Å². The van der Waals surface area contributed by atoms with Gasteiger partial charge in [-0.15, -0.1) is 22.3 Å². The van der Waals surface area contributed by atoms with E-state index >= 15 is 0 Å². The third kappa shape index (κ3) is 3.61. The van der Waals surface area contributed by atoms with E-state index in [9.17, 15) is 16.8 Å². The van der Waals surface area contributed by atoms with Crippen LogP contribution in [0, 0.1) is 0 Å². The number of hydrogen-bond acceptors (Lipinski definition) is 6. The Hall–Kier alpha value is -1.75. The number of allylic oxidation sites excluding steroid dienone is 1. The zero-order valence-corrected chi connectivity index (χ0v) is 16.4. The molecule has 2 heterocycles. The van der Waals surface area contributed by atoms with Crippen molar-refractivity contribution in [2.45, 2.75) is 15.6 Å². The summed E-state index contributed by atoms with van der Waals surface area (Å²) in [6.07, 6.45) is 2.76. The summed E-state index contributed by atoms with van der Waals surface area (Å²) in [4.78, 5) is 0.452. The van der Waals surface area contributed by atoms with Crippen molar-refractivity contribution in [1.82, 2.24) is 4.57 Å². The molecule has 0 bridgehead atoms. The van der Waals surface area contributed by atoms with Crippen LogP contribution in [-0.2, 0) is 26.4 Å². The Bertz CT molecular complexity index is 1210. The third-order valence-electron chi connectivity index (χ3n) is 3.34. The van der Waals surface area contributed by atoms with Crippen molar-refractivity contribution in [3.63, 3.8) is 0 Å². The van der Waals surface area contributed by atoms with Gasteiger partial charge in [0.1, 0.15) is 4.21 Å². The molecule has 3 aromatic rings. The lowest BCUT2D eigenvalue weighted by Gasteiger charge is -2.02. The summed E-state index contributed by atoms with van der Waals surface area (Å²) in [5.74, 6) is 0. The molecule has 0 aliphatic heterocycles. The smallest absolute Gasteiger partial charge is 0.294 e. The number of thiophene rings is 1. The summed E-state index contributed by atoms with van der Waals surface area (Å²) < 4.78 is 54.8. The van der Waals surface area contributed by atoms with Crippen LogP contribution in [0.25, 0.3) is 10.2 Å². The van der Waals surface area contributed by atoms with Crippen LogP contribution in [0.5, 0.6) is 0 Å². The molecule has 25 heavy (non-hydrogen) atoms. The molecule has 2 aromatic heterocycles. The van der Waals surface area contributed by atoms with Gasteiger partial charge in [0.25, 0.3) is 10.0 Å². The Morgan fingerprint density at radius 2 is 2.00 bits per heavy atom. The fourth-order valence-electron chi connectivity index (χ4n) is 2.22. The molecule has 0 N–H and O–H groups in total. The fraction of sp³-hybridized carbons (Fsp3) is 0.133. The fourth-order valence-corrected chi connectivity index (χ4v) is 6.19. The highest BCUT2D eigenvalue weighted by Crippen LogP contribution is 2.23. The monoisotopic (exact) mass is 414 g/mol. The summed E-state index contributed by atoms with van der Waals surface area (Å²) in [6, 6.07) is 7.83. The van der Waals surface area contributed by atoms with E-state index in [1.807, 2.05) is 0 Å². The van der Waals surface area contributed by atoms with E-state index in [2.05, 4.69) is 11.0 Å². The molecule has 0 fully saturated rings. The first-order valence-corrected chi connectivity index (χ1v) is 12.0. The zero-order chi connectivity index (χ0) is 18.2. The molecule has 1 aromatic carbocycles. The molecule has 0 aliphatic carbocycles. The van der Waals surface area contributed by atoms with Gasteiger partial charge in [-0.05, 0) is 29.6 Å². The molecule has 6 nitrogen and oxygen atoms in total. The molecule has 0 saturated carbocycles. The van der Waals surface area contributed by atoms with Crippen LogP contribution >= 0.6 is 22.7 Å². The van der Waals surface area contributed by atoms with Crippen molar-refractivity contribution < 1.29 is 16.8 Å². The molecule has 3 rings (SSSR count). The number of thiazole rings is 1. The minimum absolute atomic E-state index is 0.159. The maximum atomic E-state index is 12.4. The summed E-state index contributed by atoms with van der Waals surface area (Å²) >= 11 is 2.22. The second-order valence-corrected chi connectivity index (χ2v) is 11.0. The zero-order valence-electron chi connectivity index (χ0n) is 13.1. The van der Waals surface area contributed by atoms with Crippen LogP contribution in [0.4, 0.5) is 0 Å². The third-order valence-corrected chi connectivity index (χ3v) is 8.25. The number of benzene rings is 1. The first-order valence-electron chi connectivity index (χ1n) is 7.01. The second kappa shape index (κ2) is 6.52. The molecule has 0 atom stereocenters. The van der Waals surface area contributed by atoms with Crippen molar-refractivity contribution in [2.24, 2.45) is 4.40 Å². The minimum atomic E-state index is -3.82. The van der Waals surface area contributed by atoms with Gasteiger partial charge in [0.15, 0.2) is 9.84 Å². The second-order valence-electron chi connectivity index (χ2n) is 5.18. The highest BCUT2D eigenvalue weighted by atomic mass is 32.2. The van der Waals surface area contributed by atoms with Crippen molar-refractivity contribution in [2.75, 3.05) is 6.26 Å². The molecule has 0 aliphatic rings. The Morgan fingerprint density at radius 1 is 1.24 bits per heavy atom. The predicted octanol–water partition coefficient (Wildman–Crippen LogP) is 2.64. The SMILES string of the molecule is C=CCn1/c(=N/S(=O)(=O)c2cccs2)sc2cc(S(C)(=O)=O)ccc21. The largest absolute Gasteiger partial charge is 0.312 e. The van der Waals surface area contributed by atoms with E-state index in [4.69, 9.17) is 0 Å². The number of aromatic nitrogens is 1. The molecule has 0 saturated heterocycles. The van der Waals surface area contributed by atoms with Gasteiger partial charge in [-0.2, -0.15) is 8.42 Å². The number of nitrogens with zero attached hydrogens (tertiary/aromatic N) is 2. The number of sulfonamides is 1. The van der Waals surface area contributed by atoms with E-state index in [0.29, 0.717) is 16.8 Å². The van der Waals surface area contributed by atoms with Crippen LogP contribution < -0.4 is 4.80 Å². The first kappa shape index (κ1) is 18.1. The molecular formula is C15H14N2O4S4. The van der Waals surface area contributed by atoms with Crippen LogP contribution in [0.1, 0.15) is 0 Å². The standard InChI is InChI=1S/C15H14N2O4S4/c1-3-8-17-12-7-6-11(24(2,18)19)10-13(12)23-15(17)16-25(20,21)14-5-4-9-22-14/h3-7,9-10H,1,8H2,2H3/b16-15-. The lowest BCUT2D eigenvalue weighted by molar-refractivity contribution is 0.597. The van der Waals surface area contributed by atoms with Crippen LogP contribution in [0.15, 0.2) is 61.9 Å². The Balaban J connectivity index is 2.29. The molecule has 0 spiro atoms. The van der Waals surface area contributed by atoms with Crippen LogP contribution in [-0.4, -0.2) is 27.7 Å². The van der Waals surface area contributed by atoms with Gasteiger partial charge in [-0.1, -0.05) is 23.5 Å².